The third kappa shape index (κ3) is 7.79. The van der Waals surface area contributed by atoms with Gasteiger partial charge >= 0.3 is 6.03 Å². The second kappa shape index (κ2) is 11.9. The maximum absolute atomic E-state index is 13.1. The Kier molecular flexibility index (Phi) is 9.82. The van der Waals surface area contributed by atoms with Crippen molar-refractivity contribution >= 4 is 11.8 Å². The summed E-state index contributed by atoms with van der Waals surface area (Å²) in [5.41, 5.74) is 0.946. The highest BCUT2D eigenvalue weighted by Gasteiger charge is 2.41. The molecule has 7 heteroatoms. The molecule has 2 rings (SSSR count). The van der Waals surface area contributed by atoms with Crippen LogP contribution in [0.25, 0.3) is 0 Å². The first-order valence-corrected chi connectivity index (χ1v) is 11.9. The minimum absolute atomic E-state index is 0.0331. The first-order chi connectivity index (χ1) is 14.6. The molecule has 3 atom stereocenters. The molecule has 0 bridgehead atoms. The summed E-state index contributed by atoms with van der Waals surface area (Å²) in [4.78, 5) is 34.4. The van der Waals surface area contributed by atoms with Gasteiger partial charge in [0.05, 0.1) is 0 Å². The molecule has 0 radical (unpaired) electrons. The molecule has 0 spiro atoms. The summed E-state index contributed by atoms with van der Waals surface area (Å²) in [5.74, 6) is 1.02. The molecule has 1 aliphatic heterocycles. The second-order valence-electron chi connectivity index (χ2n) is 10.3. The van der Waals surface area contributed by atoms with Gasteiger partial charge in [-0.2, -0.15) is 0 Å². The van der Waals surface area contributed by atoms with E-state index in [1.807, 2.05) is 44.2 Å². The fraction of sp³-hybridized carbons (Fsp3) is 0.833. The van der Waals surface area contributed by atoms with Crippen molar-refractivity contribution < 1.29 is 9.59 Å². The van der Waals surface area contributed by atoms with Crippen LogP contribution in [0.2, 0.25) is 0 Å². The van der Waals surface area contributed by atoms with Crippen LogP contribution in [0.3, 0.4) is 0 Å². The number of ketones is 1. The van der Waals surface area contributed by atoms with Crippen molar-refractivity contribution in [3.8, 4) is 0 Å². The number of rotatable bonds is 9. The van der Waals surface area contributed by atoms with Crippen LogP contribution in [-0.2, 0) is 4.79 Å². The summed E-state index contributed by atoms with van der Waals surface area (Å²) in [6, 6.07) is 0.532. The van der Waals surface area contributed by atoms with Gasteiger partial charge in [0.25, 0.3) is 0 Å². The number of urea groups is 1. The zero-order valence-corrected chi connectivity index (χ0v) is 20.9. The van der Waals surface area contributed by atoms with E-state index < -0.39 is 0 Å². The average Bonchev–Trinajstić information content (AvgIpc) is 2.65. The van der Waals surface area contributed by atoms with Gasteiger partial charge < -0.3 is 20.0 Å². The van der Waals surface area contributed by atoms with Crippen molar-refractivity contribution in [2.45, 2.75) is 58.5 Å². The van der Waals surface area contributed by atoms with Gasteiger partial charge in [0, 0.05) is 70.6 Å². The topological polar surface area (TPSA) is 59.1 Å². The van der Waals surface area contributed by atoms with E-state index in [-0.39, 0.29) is 17.9 Å². The van der Waals surface area contributed by atoms with Gasteiger partial charge in [0.15, 0.2) is 5.78 Å². The Morgan fingerprint density at radius 3 is 2.48 bits per heavy atom. The summed E-state index contributed by atoms with van der Waals surface area (Å²) in [6.45, 7) is 10.7. The Morgan fingerprint density at radius 2 is 1.90 bits per heavy atom. The highest BCUT2D eigenvalue weighted by atomic mass is 16.2. The highest BCUT2D eigenvalue weighted by molar-refractivity contribution is 5.96. The van der Waals surface area contributed by atoms with Crippen molar-refractivity contribution in [2.75, 3.05) is 60.9 Å². The van der Waals surface area contributed by atoms with Crippen LogP contribution >= 0.6 is 0 Å². The molecule has 1 saturated heterocycles. The van der Waals surface area contributed by atoms with E-state index in [2.05, 4.69) is 35.9 Å². The van der Waals surface area contributed by atoms with E-state index in [0.29, 0.717) is 24.3 Å². The van der Waals surface area contributed by atoms with Crippen molar-refractivity contribution in [3.63, 3.8) is 0 Å². The van der Waals surface area contributed by atoms with Crippen LogP contribution in [0.1, 0.15) is 46.5 Å². The summed E-state index contributed by atoms with van der Waals surface area (Å²) >= 11 is 0. The molecule has 1 saturated carbocycles. The van der Waals surface area contributed by atoms with Crippen molar-refractivity contribution in [3.05, 3.63) is 11.8 Å². The lowest BCUT2D eigenvalue weighted by atomic mass is 9.74. The number of fused-ring (bicyclic) bond motifs is 1. The third-order valence-corrected chi connectivity index (χ3v) is 6.23. The van der Waals surface area contributed by atoms with Crippen LogP contribution in [0.4, 0.5) is 4.79 Å². The van der Waals surface area contributed by atoms with Gasteiger partial charge in [-0.15, -0.1) is 0 Å². The Hall–Kier alpha value is -1.60. The Morgan fingerprint density at radius 1 is 1.19 bits per heavy atom. The molecule has 1 heterocycles. The van der Waals surface area contributed by atoms with Crippen LogP contribution in [0, 0.1) is 11.8 Å². The fourth-order valence-electron chi connectivity index (χ4n) is 4.93. The van der Waals surface area contributed by atoms with Crippen molar-refractivity contribution in [1.82, 2.24) is 24.9 Å². The van der Waals surface area contributed by atoms with Crippen LogP contribution in [0.15, 0.2) is 11.8 Å². The van der Waals surface area contributed by atoms with Gasteiger partial charge in [-0.3, -0.25) is 9.69 Å². The van der Waals surface area contributed by atoms with E-state index in [0.717, 1.165) is 57.6 Å². The molecule has 0 unspecified atom stereocenters. The lowest BCUT2D eigenvalue weighted by Gasteiger charge is -2.47. The maximum atomic E-state index is 13.1. The van der Waals surface area contributed by atoms with Crippen LogP contribution in [-0.4, -0.2) is 104 Å². The molecule has 0 aromatic rings. The number of carbonyl (C=O) groups excluding carboxylic acids is 2. The summed E-state index contributed by atoms with van der Waals surface area (Å²) < 4.78 is 0. The Bertz CT molecular complexity index is 631. The number of Topliss-reactive ketones (excluding diaryl/α,β-unsaturated/α-hetero) is 1. The van der Waals surface area contributed by atoms with E-state index in [1.165, 1.54) is 0 Å². The summed E-state index contributed by atoms with van der Waals surface area (Å²) in [5, 5.41) is 3.32. The molecule has 0 aromatic heterocycles. The predicted molar refractivity (Wildman–Crippen MR) is 127 cm³/mol. The second-order valence-corrected chi connectivity index (χ2v) is 10.3. The number of nitrogens with one attached hydrogen (secondary N) is 1. The molecule has 31 heavy (non-hydrogen) atoms. The first kappa shape index (κ1) is 25.7. The highest BCUT2D eigenvalue weighted by Crippen LogP contribution is 2.36. The summed E-state index contributed by atoms with van der Waals surface area (Å²) in [6.07, 6.45) is 5.37. The Balaban J connectivity index is 2.08. The van der Waals surface area contributed by atoms with E-state index in [4.69, 9.17) is 0 Å². The molecule has 7 nitrogen and oxygen atoms in total. The van der Waals surface area contributed by atoms with Gasteiger partial charge in [-0.1, -0.05) is 20.8 Å². The largest absolute Gasteiger partial charge is 0.383 e. The lowest BCUT2D eigenvalue weighted by molar-refractivity contribution is -0.119. The van der Waals surface area contributed by atoms with Gasteiger partial charge in [-0.05, 0) is 51.7 Å². The molecular weight excluding hydrogens is 390 g/mol. The molecule has 178 valence electrons. The van der Waals surface area contributed by atoms with E-state index in [1.54, 1.807) is 0 Å². The van der Waals surface area contributed by atoms with E-state index in [9.17, 15) is 9.59 Å². The molecule has 2 fully saturated rings. The molecule has 1 aliphatic carbocycles. The number of likely N-dealkylation sites (tertiary alicyclic amines) is 1. The predicted octanol–water partition coefficient (Wildman–Crippen LogP) is 2.49. The number of likely N-dealkylation sites (N-methyl/N-ethyl adjacent to an activating group) is 1. The minimum Gasteiger partial charge on any atom is -0.383 e. The first-order valence-electron chi connectivity index (χ1n) is 11.9. The number of hydrogen-bond acceptors (Lipinski definition) is 5. The zero-order chi connectivity index (χ0) is 23.1. The minimum atomic E-state index is 0.0331. The SMILES string of the molecule is CCCN1C[C@@H](NC(=O)N(CCN(C)C)CC(C)C)C[C@@H]2CC(=O)C(=CN(C)C)C[C@H]21. The number of nitrogens with zero attached hydrogens (tertiary/aromatic N) is 4. The van der Waals surface area contributed by atoms with Crippen LogP contribution in [0.5, 0.6) is 0 Å². The monoisotopic (exact) mass is 435 g/mol. The van der Waals surface area contributed by atoms with E-state index >= 15 is 0 Å². The molecule has 2 amide bonds. The number of amides is 2. The number of hydrogen-bond donors (Lipinski definition) is 1. The number of piperidine rings is 1. The fourth-order valence-corrected chi connectivity index (χ4v) is 4.93. The molecule has 1 N–H and O–H groups in total. The lowest BCUT2D eigenvalue weighted by Crippen LogP contribution is -2.59. The summed E-state index contributed by atoms with van der Waals surface area (Å²) in [7, 11) is 8.02. The number of carbonyl (C=O) groups is 2. The van der Waals surface area contributed by atoms with Gasteiger partial charge in [0.1, 0.15) is 0 Å². The molecular formula is C24H45N5O2. The quantitative estimate of drug-likeness (QED) is 0.564. The zero-order valence-electron chi connectivity index (χ0n) is 20.9. The van der Waals surface area contributed by atoms with Crippen molar-refractivity contribution in [1.29, 1.82) is 0 Å². The Labute approximate surface area is 189 Å². The average molecular weight is 436 g/mol. The molecule has 0 aromatic carbocycles. The normalized spacial score (nSPS) is 25.8. The van der Waals surface area contributed by atoms with Crippen molar-refractivity contribution in [2.24, 2.45) is 11.8 Å². The third-order valence-electron chi connectivity index (χ3n) is 6.23. The van der Waals surface area contributed by atoms with Gasteiger partial charge in [-0.25, -0.2) is 4.79 Å². The van der Waals surface area contributed by atoms with Crippen LogP contribution < -0.4 is 5.32 Å². The van der Waals surface area contributed by atoms with Gasteiger partial charge in [0.2, 0.25) is 0 Å². The molecule has 2 aliphatic rings. The smallest absolute Gasteiger partial charge is 0.317 e. The standard InChI is InChI=1S/C24H45N5O2/c1-8-9-28-17-21(25-24(31)29(15-18(2)3)11-10-26(4)5)12-19-14-23(30)20(13-22(19)28)16-27(6)7/h16,18-19,21-22H,8-15,17H2,1-7H3,(H,25,31)/t19-,21+,22-/m1/s1. The maximum Gasteiger partial charge on any atom is 0.317 e.